The van der Waals surface area contributed by atoms with Gasteiger partial charge in [-0.05, 0) is 41.5 Å². The fourth-order valence-corrected chi connectivity index (χ4v) is 1.72. The molecule has 0 aliphatic rings. The van der Waals surface area contributed by atoms with Gasteiger partial charge >= 0.3 is 0 Å². The Morgan fingerprint density at radius 1 is 1.10 bits per heavy atom. The normalized spacial score (nSPS) is 10.7. The molecule has 2 aromatic rings. The number of hydrogen-bond acceptors (Lipinski definition) is 1. The van der Waals surface area contributed by atoms with Crippen LogP contribution in [0.5, 0.6) is 0 Å². The molecule has 2 nitrogen and oxygen atoms in total. The summed E-state index contributed by atoms with van der Waals surface area (Å²) in [6, 6.07) is 13.2. The van der Waals surface area contributed by atoms with Gasteiger partial charge in [-0.2, -0.15) is 0 Å². The van der Waals surface area contributed by atoms with E-state index < -0.39 is 0 Å². The van der Waals surface area contributed by atoms with Gasteiger partial charge in [-0.15, -0.1) is 0 Å². The van der Waals surface area contributed by atoms with E-state index in [1.165, 1.54) is 18.2 Å². The predicted octanol–water partition coefficient (Wildman–Crippen LogP) is 3.81. The molecule has 4 heteroatoms. The van der Waals surface area contributed by atoms with Crippen molar-refractivity contribution in [2.24, 2.45) is 0 Å². The standard InChI is InChI=1S/C16H13ClFNO/c17-14-6-1-13(2-7-14)11-19-16(20)10-5-12-3-8-15(18)9-4-12/h1-10H,11H2,(H,19,20). The van der Waals surface area contributed by atoms with E-state index in [0.717, 1.165) is 11.1 Å². The summed E-state index contributed by atoms with van der Waals surface area (Å²) in [5.41, 5.74) is 1.74. The molecule has 1 amide bonds. The first kappa shape index (κ1) is 14.3. The van der Waals surface area contributed by atoms with Gasteiger partial charge < -0.3 is 5.32 Å². The van der Waals surface area contributed by atoms with Gasteiger partial charge in [-0.3, -0.25) is 4.79 Å². The second-order valence-corrected chi connectivity index (χ2v) is 4.67. The monoisotopic (exact) mass is 289 g/mol. The highest BCUT2D eigenvalue weighted by molar-refractivity contribution is 6.30. The molecule has 0 aromatic heterocycles. The van der Waals surface area contributed by atoms with Crippen molar-refractivity contribution in [1.29, 1.82) is 0 Å². The fourth-order valence-electron chi connectivity index (χ4n) is 1.60. The third-order valence-corrected chi connectivity index (χ3v) is 2.93. The Bertz CT molecular complexity index is 605. The molecule has 0 aliphatic carbocycles. The van der Waals surface area contributed by atoms with E-state index in [1.54, 1.807) is 30.3 Å². The quantitative estimate of drug-likeness (QED) is 0.852. The molecule has 0 unspecified atom stereocenters. The van der Waals surface area contributed by atoms with Crippen LogP contribution >= 0.6 is 11.6 Å². The molecule has 0 heterocycles. The Morgan fingerprint density at radius 3 is 2.40 bits per heavy atom. The third kappa shape index (κ3) is 4.52. The predicted molar refractivity (Wildman–Crippen MR) is 78.7 cm³/mol. The molecule has 1 N–H and O–H groups in total. The van der Waals surface area contributed by atoms with E-state index in [1.807, 2.05) is 12.1 Å². The summed E-state index contributed by atoms with van der Waals surface area (Å²) in [7, 11) is 0. The molecule has 0 bridgehead atoms. The molecule has 0 saturated heterocycles. The van der Waals surface area contributed by atoms with Crippen molar-refractivity contribution in [3.05, 3.63) is 76.6 Å². The highest BCUT2D eigenvalue weighted by atomic mass is 35.5. The summed E-state index contributed by atoms with van der Waals surface area (Å²) in [5, 5.41) is 3.42. The van der Waals surface area contributed by atoms with Crippen molar-refractivity contribution >= 4 is 23.6 Å². The van der Waals surface area contributed by atoms with Gasteiger partial charge in [0.2, 0.25) is 5.91 Å². The number of carbonyl (C=O) groups excluding carboxylic acids is 1. The summed E-state index contributed by atoms with van der Waals surface area (Å²) >= 11 is 5.78. The molecule has 2 aromatic carbocycles. The average Bonchev–Trinajstić information content (AvgIpc) is 2.46. The van der Waals surface area contributed by atoms with Gasteiger partial charge in [0.1, 0.15) is 5.82 Å². The van der Waals surface area contributed by atoms with Crippen LogP contribution in [0.25, 0.3) is 6.08 Å². The smallest absolute Gasteiger partial charge is 0.244 e. The number of halogens is 2. The van der Waals surface area contributed by atoms with Crippen molar-refractivity contribution < 1.29 is 9.18 Å². The van der Waals surface area contributed by atoms with Gasteiger partial charge in [-0.1, -0.05) is 35.9 Å². The SMILES string of the molecule is O=C(C=Cc1ccc(F)cc1)NCc1ccc(Cl)cc1. The second-order valence-electron chi connectivity index (χ2n) is 4.23. The highest BCUT2D eigenvalue weighted by Gasteiger charge is 1.97. The van der Waals surface area contributed by atoms with E-state index in [4.69, 9.17) is 11.6 Å². The van der Waals surface area contributed by atoms with Crippen LogP contribution in [0.1, 0.15) is 11.1 Å². The van der Waals surface area contributed by atoms with Gasteiger partial charge in [0, 0.05) is 17.6 Å². The molecule has 0 aliphatic heterocycles. The Kier molecular flexibility index (Phi) is 4.91. The number of benzene rings is 2. The van der Waals surface area contributed by atoms with Crippen LogP contribution in [0.15, 0.2) is 54.6 Å². The summed E-state index contributed by atoms with van der Waals surface area (Å²) in [4.78, 5) is 11.6. The number of amides is 1. The largest absolute Gasteiger partial charge is 0.348 e. The van der Waals surface area contributed by atoms with E-state index in [9.17, 15) is 9.18 Å². The second kappa shape index (κ2) is 6.87. The molecular weight excluding hydrogens is 277 g/mol. The minimum atomic E-state index is -0.297. The fraction of sp³-hybridized carbons (Fsp3) is 0.0625. The molecule has 0 saturated carbocycles. The number of nitrogens with one attached hydrogen (secondary N) is 1. The maximum atomic E-state index is 12.7. The van der Waals surface area contributed by atoms with Gasteiger partial charge in [0.05, 0.1) is 0 Å². The first-order valence-electron chi connectivity index (χ1n) is 6.09. The zero-order chi connectivity index (χ0) is 14.4. The van der Waals surface area contributed by atoms with Crippen LogP contribution in [0.4, 0.5) is 4.39 Å². The lowest BCUT2D eigenvalue weighted by Gasteiger charge is -2.02. The first-order valence-corrected chi connectivity index (χ1v) is 6.47. The number of hydrogen-bond donors (Lipinski definition) is 1. The average molecular weight is 290 g/mol. The number of rotatable bonds is 4. The molecule has 0 radical (unpaired) electrons. The third-order valence-electron chi connectivity index (χ3n) is 2.68. The van der Waals surface area contributed by atoms with Gasteiger partial charge in [0.25, 0.3) is 0 Å². The van der Waals surface area contributed by atoms with E-state index in [0.29, 0.717) is 11.6 Å². The van der Waals surface area contributed by atoms with Crippen molar-refractivity contribution in [3.8, 4) is 0 Å². The Balaban J connectivity index is 1.86. The van der Waals surface area contributed by atoms with Gasteiger partial charge in [-0.25, -0.2) is 4.39 Å². The maximum absolute atomic E-state index is 12.7. The maximum Gasteiger partial charge on any atom is 0.244 e. The summed E-state index contributed by atoms with van der Waals surface area (Å²) < 4.78 is 12.7. The van der Waals surface area contributed by atoms with Crippen LogP contribution in [-0.2, 0) is 11.3 Å². The van der Waals surface area contributed by atoms with Crippen molar-refractivity contribution in [3.63, 3.8) is 0 Å². The molecular formula is C16H13ClFNO. The lowest BCUT2D eigenvalue weighted by molar-refractivity contribution is -0.116. The lowest BCUT2D eigenvalue weighted by atomic mass is 10.2. The van der Waals surface area contributed by atoms with Crippen LogP contribution in [0, 0.1) is 5.82 Å². The zero-order valence-corrected chi connectivity index (χ0v) is 11.4. The molecule has 0 fully saturated rings. The topological polar surface area (TPSA) is 29.1 Å². The molecule has 2 rings (SSSR count). The first-order chi connectivity index (χ1) is 9.63. The molecule has 20 heavy (non-hydrogen) atoms. The summed E-state index contributed by atoms with van der Waals surface area (Å²) in [6.07, 6.45) is 3.06. The van der Waals surface area contributed by atoms with Crippen LogP contribution < -0.4 is 5.32 Å². The Hall–Kier alpha value is -2.13. The van der Waals surface area contributed by atoms with Crippen LogP contribution in [0.3, 0.4) is 0 Å². The molecule has 102 valence electrons. The van der Waals surface area contributed by atoms with E-state index in [2.05, 4.69) is 5.32 Å². The summed E-state index contributed by atoms with van der Waals surface area (Å²) in [6.45, 7) is 0.434. The number of carbonyl (C=O) groups is 1. The minimum absolute atomic E-state index is 0.204. The van der Waals surface area contributed by atoms with Gasteiger partial charge in [0.15, 0.2) is 0 Å². The zero-order valence-electron chi connectivity index (χ0n) is 10.6. The Labute approximate surface area is 121 Å². The highest BCUT2D eigenvalue weighted by Crippen LogP contribution is 2.09. The van der Waals surface area contributed by atoms with Crippen molar-refractivity contribution in [2.75, 3.05) is 0 Å². The molecule has 0 spiro atoms. The van der Waals surface area contributed by atoms with Crippen molar-refractivity contribution in [1.82, 2.24) is 5.32 Å². The minimum Gasteiger partial charge on any atom is -0.348 e. The Morgan fingerprint density at radius 2 is 1.75 bits per heavy atom. The summed E-state index contributed by atoms with van der Waals surface area (Å²) in [5.74, 6) is -0.501. The van der Waals surface area contributed by atoms with Crippen LogP contribution in [0.2, 0.25) is 5.02 Å². The van der Waals surface area contributed by atoms with Crippen LogP contribution in [-0.4, -0.2) is 5.91 Å². The van der Waals surface area contributed by atoms with E-state index in [-0.39, 0.29) is 11.7 Å². The molecule has 0 atom stereocenters. The van der Waals surface area contributed by atoms with Crippen molar-refractivity contribution in [2.45, 2.75) is 6.54 Å². The lowest BCUT2D eigenvalue weighted by Crippen LogP contribution is -2.20. The van der Waals surface area contributed by atoms with E-state index >= 15 is 0 Å².